The van der Waals surface area contributed by atoms with E-state index in [0.717, 1.165) is 16.2 Å². The smallest absolute Gasteiger partial charge is 0.206 e. The van der Waals surface area contributed by atoms with Crippen LogP contribution in [0.3, 0.4) is 0 Å². The van der Waals surface area contributed by atoms with Gasteiger partial charge in [0.25, 0.3) is 0 Å². The predicted molar refractivity (Wildman–Crippen MR) is 74.9 cm³/mol. The molecule has 0 unspecified atom stereocenters. The van der Waals surface area contributed by atoms with E-state index < -0.39 is 0 Å². The first-order valence-corrected chi connectivity index (χ1v) is 6.43. The lowest BCUT2D eigenvalue weighted by Crippen LogP contribution is -2.12. The van der Waals surface area contributed by atoms with Crippen molar-refractivity contribution in [3.63, 3.8) is 0 Å². The lowest BCUT2D eigenvalue weighted by Gasteiger charge is -1.96. The number of hydrogen-bond donors (Lipinski definition) is 0. The molecule has 0 atom stereocenters. The highest BCUT2D eigenvalue weighted by Crippen LogP contribution is 2.00. The van der Waals surface area contributed by atoms with Crippen LogP contribution < -0.4 is 4.80 Å². The molecule has 0 amide bonds. The van der Waals surface area contributed by atoms with Crippen molar-refractivity contribution in [3.8, 4) is 0 Å². The average molecular weight is 258 g/mol. The lowest BCUT2D eigenvalue weighted by molar-refractivity contribution is 0.798. The fourth-order valence-electron chi connectivity index (χ4n) is 1.35. The molecule has 2 heterocycles. The van der Waals surface area contributed by atoms with Gasteiger partial charge in [-0.15, -0.1) is 17.9 Å². The van der Waals surface area contributed by atoms with E-state index in [4.69, 9.17) is 0 Å². The van der Waals surface area contributed by atoms with E-state index in [1.54, 1.807) is 29.8 Å². The van der Waals surface area contributed by atoms with E-state index >= 15 is 0 Å². The fraction of sp³-hybridized carbons (Fsp3) is 0.154. The van der Waals surface area contributed by atoms with Gasteiger partial charge in [-0.05, 0) is 19.1 Å². The molecule has 0 spiro atoms. The molecule has 0 saturated carbocycles. The van der Waals surface area contributed by atoms with Crippen LogP contribution in [0.15, 0.2) is 52.5 Å². The van der Waals surface area contributed by atoms with Crippen molar-refractivity contribution >= 4 is 17.6 Å². The molecule has 5 heteroatoms. The van der Waals surface area contributed by atoms with Crippen molar-refractivity contribution in [3.05, 3.63) is 58.6 Å². The van der Waals surface area contributed by atoms with Gasteiger partial charge < -0.3 is 0 Å². The summed E-state index contributed by atoms with van der Waals surface area (Å²) in [7, 11) is 0. The Morgan fingerprint density at radius 3 is 3.11 bits per heavy atom. The van der Waals surface area contributed by atoms with Gasteiger partial charge in [0.15, 0.2) is 0 Å². The lowest BCUT2D eigenvalue weighted by atomic mass is 10.4. The number of thiazole rings is 1. The van der Waals surface area contributed by atoms with Crippen molar-refractivity contribution < 1.29 is 0 Å². The third kappa shape index (κ3) is 3.01. The Kier molecular flexibility index (Phi) is 4.20. The van der Waals surface area contributed by atoms with Crippen LogP contribution in [0.25, 0.3) is 0 Å². The number of hydrogen-bond acceptors (Lipinski definition) is 4. The maximum Gasteiger partial charge on any atom is 0.206 e. The number of nitrogens with zero attached hydrogens (tertiary/aromatic N) is 4. The van der Waals surface area contributed by atoms with Gasteiger partial charge in [0.2, 0.25) is 4.80 Å². The van der Waals surface area contributed by atoms with Gasteiger partial charge >= 0.3 is 0 Å². The Balaban J connectivity index is 2.31. The van der Waals surface area contributed by atoms with Crippen LogP contribution in [0.2, 0.25) is 0 Å². The zero-order chi connectivity index (χ0) is 12.8. The normalized spacial score (nSPS) is 12.2. The molecular weight excluding hydrogens is 244 g/mol. The fourth-order valence-corrected chi connectivity index (χ4v) is 2.16. The van der Waals surface area contributed by atoms with E-state index in [1.165, 1.54) is 0 Å². The second-order valence-electron chi connectivity index (χ2n) is 3.60. The van der Waals surface area contributed by atoms with Gasteiger partial charge in [-0.2, -0.15) is 5.10 Å². The van der Waals surface area contributed by atoms with Crippen molar-refractivity contribution in [2.24, 2.45) is 10.1 Å². The number of aryl methyl sites for hydroxylation is 1. The van der Waals surface area contributed by atoms with Crippen LogP contribution in [-0.2, 0) is 0 Å². The molecular formula is C13H14N4S. The Morgan fingerprint density at radius 1 is 1.50 bits per heavy atom. The molecule has 2 rings (SSSR count). The van der Waals surface area contributed by atoms with E-state index in [0.29, 0.717) is 6.54 Å². The molecule has 0 fully saturated rings. The Hall–Kier alpha value is -2.01. The standard InChI is InChI=1S/C13H14N4S/c1-3-7-15-13-17(11(2)10-18-13)16-9-12-6-4-5-8-14-12/h3-6,8-10H,1,7H2,2H3/b15-13?,16-9+. The maximum atomic E-state index is 4.40. The van der Waals surface area contributed by atoms with Crippen LogP contribution in [0.1, 0.15) is 11.4 Å². The predicted octanol–water partition coefficient (Wildman–Crippen LogP) is 2.22. The minimum atomic E-state index is 0.596. The van der Waals surface area contributed by atoms with Gasteiger partial charge in [0, 0.05) is 11.6 Å². The SMILES string of the molecule is C=CCN=c1scc(C)n1/N=C/c1ccccn1. The molecule has 0 saturated heterocycles. The molecule has 2 aromatic rings. The van der Waals surface area contributed by atoms with Crippen LogP contribution in [-0.4, -0.2) is 22.4 Å². The summed E-state index contributed by atoms with van der Waals surface area (Å²) in [6.45, 7) is 6.25. The molecule has 0 aliphatic carbocycles. The first-order chi connectivity index (χ1) is 8.81. The highest BCUT2D eigenvalue weighted by molar-refractivity contribution is 7.07. The van der Waals surface area contributed by atoms with Crippen LogP contribution in [0, 0.1) is 6.92 Å². The highest BCUT2D eigenvalue weighted by Gasteiger charge is 1.98. The third-order valence-corrected chi connectivity index (χ3v) is 3.17. The largest absolute Gasteiger partial charge is 0.255 e. The average Bonchev–Trinajstić information content (AvgIpc) is 2.76. The van der Waals surface area contributed by atoms with Gasteiger partial charge in [-0.3, -0.25) is 9.98 Å². The van der Waals surface area contributed by atoms with Crippen molar-refractivity contribution in [1.82, 2.24) is 9.66 Å². The summed E-state index contributed by atoms with van der Waals surface area (Å²) in [5.74, 6) is 0. The Bertz CT molecular complexity index is 607. The monoisotopic (exact) mass is 258 g/mol. The van der Waals surface area contributed by atoms with Crippen LogP contribution >= 0.6 is 11.3 Å². The van der Waals surface area contributed by atoms with Gasteiger partial charge in [0.1, 0.15) is 0 Å². The summed E-state index contributed by atoms with van der Waals surface area (Å²) in [6, 6.07) is 5.72. The molecule has 0 N–H and O–H groups in total. The minimum Gasteiger partial charge on any atom is -0.255 e. The van der Waals surface area contributed by atoms with Gasteiger partial charge in [-0.25, -0.2) is 4.68 Å². The van der Waals surface area contributed by atoms with E-state index in [9.17, 15) is 0 Å². The van der Waals surface area contributed by atoms with Crippen molar-refractivity contribution in [2.45, 2.75) is 6.92 Å². The van der Waals surface area contributed by atoms with E-state index in [1.807, 2.05) is 35.2 Å². The van der Waals surface area contributed by atoms with Gasteiger partial charge in [-0.1, -0.05) is 12.1 Å². The molecule has 0 aliphatic heterocycles. The summed E-state index contributed by atoms with van der Waals surface area (Å²) < 4.78 is 1.81. The Labute approximate surface area is 110 Å². The summed E-state index contributed by atoms with van der Waals surface area (Å²) in [4.78, 5) is 9.44. The molecule has 18 heavy (non-hydrogen) atoms. The molecule has 0 radical (unpaired) electrons. The zero-order valence-electron chi connectivity index (χ0n) is 10.2. The molecule has 0 aromatic carbocycles. The summed E-state index contributed by atoms with van der Waals surface area (Å²) >= 11 is 1.57. The molecule has 4 nitrogen and oxygen atoms in total. The highest BCUT2D eigenvalue weighted by atomic mass is 32.1. The van der Waals surface area contributed by atoms with Crippen molar-refractivity contribution in [1.29, 1.82) is 0 Å². The topological polar surface area (TPSA) is 42.5 Å². The van der Waals surface area contributed by atoms with Crippen LogP contribution in [0.5, 0.6) is 0 Å². The number of pyridine rings is 1. The number of aromatic nitrogens is 2. The molecule has 0 bridgehead atoms. The quantitative estimate of drug-likeness (QED) is 0.612. The van der Waals surface area contributed by atoms with Gasteiger partial charge in [0.05, 0.1) is 24.1 Å². The second kappa shape index (κ2) is 6.07. The third-order valence-electron chi connectivity index (χ3n) is 2.20. The van der Waals surface area contributed by atoms with E-state index in [2.05, 4.69) is 21.7 Å². The maximum absolute atomic E-state index is 4.40. The molecule has 2 aromatic heterocycles. The Morgan fingerprint density at radius 2 is 2.39 bits per heavy atom. The number of rotatable bonds is 4. The minimum absolute atomic E-state index is 0.596. The van der Waals surface area contributed by atoms with Crippen molar-refractivity contribution in [2.75, 3.05) is 6.54 Å². The van der Waals surface area contributed by atoms with E-state index in [-0.39, 0.29) is 0 Å². The first kappa shape index (κ1) is 12.4. The first-order valence-electron chi connectivity index (χ1n) is 5.55. The molecule has 92 valence electrons. The summed E-state index contributed by atoms with van der Waals surface area (Å²) in [6.07, 6.45) is 5.24. The zero-order valence-corrected chi connectivity index (χ0v) is 11.0. The van der Waals surface area contributed by atoms with Crippen LogP contribution in [0.4, 0.5) is 0 Å². The molecule has 0 aliphatic rings. The second-order valence-corrected chi connectivity index (χ2v) is 4.44. The summed E-state index contributed by atoms with van der Waals surface area (Å²) in [5, 5.41) is 6.43. The summed E-state index contributed by atoms with van der Waals surface area (Å²) in [5.41, 5.74) is 1.88.